The lowest BCUT2D eigenvalue weighted by molar-refractivity contribution is -0.135. The van der Waals surface area contributed by atoms with E-state index in [-0.39, 0.29) is 12.3 Å². The van der Waals surface area contributed by atoms with Crippen LogP contribution in [0.4, 0.5) is 0 Å². The summed E-state index contributed by atoms with van der Waals surface area (Å²) < 4.78 is 0. The van der Waals surface area contributed by atoms with Gasteiger partial charge in [0.05, 0.1) is 0 Å². The van der Waals surface area contributed by atoms with Crippen molar-refractivity contribution in [3.63, 3.8) is 0 Å². The van der Waals surface area contributed by atoms with Crippen molar-refractivity contribution in [3.05, 3.63) is 34.9 Å². The van der Waals surface area contributed by atoms with Crippen LogP contribution in [0.1, 0.15) is 27.9 Å². The van der Waals surface area contributed by atoms with Gasteiger partial charge in [-0.1, -0.05) is 11.8 Å². The van der Waals surface area contributed by atoms with Gasteiger partial charge in [-0.3, -0.25) is 9.59 Å². The molecule has 0 aromatic heterocycles. The Balaban J connectivity index is 2.21. The first-order valence-corrected chi connectivity index (χ1v) is 4.78. The Bertz CT molecular complexity index is 523. The zero-order valence-electron chi connectivity index (χ0n) is 8.41. The van der Waals surface area contributed by atoms with Crippen LogP contribution in [0.3, 0.4) is 0 Å². The molecule has 2 N–H and O–H groups in total. The van der Waals surface area contributed by atoms with Gasteiger partial charge in [-0.2, -0.15) is 0 Å². The zero-order chi connectivity index (χ0) is 11.5. The molecule has 4 heteroatoms. The maximum absolute atomic E-state index is 11.3. The largest absolute Gasteiger partial charge is 0.481 e. The molecule has 0 radical (unpaired) electrons. The Morgan fingerprint density at radius 2 is 2.31 bits per heavy atom. The van der Waals surface area contributed by atoms with Crippen molar-refractivity contribution in [2.24, 2.45) is 0 Å². The summed E-state index contributed by atoms with van der Waals surface area (Å²) >= 11 is 0. The second kappa shape index (κ2) is 4.07. The average molecular weight is 215 g/mol. The number of hydrogen-bond donors (Lipinski definition) is 2. The maximum Gasteiger partial charge on any atom is 0.315 e. The van der Waals surface area contributed by atoms with Crippen molar-refractivity contribution in [2.75, 3.05) is 0 Å². The van der Waals surface area contributed by atoms with Gasteiger partial charge in [-0.05, 0) is 23.8 Å². The molecule has 1 aliphatic heterocycles. The van der Waals surface area contributed by atoms with Crippen molar-refractivity contribution < 1.29 is 14.7 Å². The Kier molecular flexibility index (Phi) is 2.61. The molecule has 1 aliphatic rings. The number of nitrogens with one attached hydrogen (secondary N) is 1. The number of carboxylic acid groups (broad SMARTS) is 1. The lowest BCUT2D eigenvalue weighted by Gasteiger charge is -1.95. The van der Waals surface area contributed by atoms with E-state index < -0.39 is 5.97 Å². The summed E-state index contributed by atoms with van der Waals surface area (Å²) in [6.45, 7) is 0.516. The maximum atomic E-state index is 11.3. The molecular weight excluding hydrogens is 206 g/mol. The van der Waals surface area contributed by atoms with Crippen LogP contribution in [0.15, 0.2) is 18.2 Å². The SMILES string of the molecule is O=C(O)CC#Cc1ccc2c(c1)CNC2=O. The minimum atomic E-state index is -0.939. The highest BCUT2D eigenvalue weighted by Crippen LogP contribution is 2.16. The van der Waals surface area contributed by atoms with Crippen LogP contribution in [0.2, 0.25) is 0 Å². The second-order valence-electron chi connectivity index (χ2n) is 3.43. The zero-order valence-corrected chi connectivity index (χ0v) is 8.41. The standard InChI is InChI=1S/C12H9NO3/c14-11(15)3-1-2-8-4-5-10-9(6-8)7-13-12(10)16/h4-6H,3,7H2,(H,13,16)(H,14,15). The van der Waals surface area contributed by atoms with Crippen molar-refractivity contribution in [1.82, 2.24) is 5.32 Å². The Labute approximate surface area is 92.3 Å². The normalized spacial score (nSPS) is 12.4. The van der Waals surface area contributed by atoms with E-state index in [0.29, 0.717) is 12.1 Å². The van der Waals surface area contributed by atoms with Crippen LogP contribution in [0.25, 0.3) is 0 Å². The third-order valence-electron chi connectivity index (χ3n) is 2.26. The predicted octanol–water partition coefficient (Wildman–Crippen LogP) is 0.756. The molecule has 0 fully saturated rings. The van der Waals surface area contributed by atoms with E-state index in [9.17, 15) is 9.59 Å². The summed E-state index contributed by atoms with van der Waals surface area (Å²) in [5.74, 6) is 4.29. The van der Waals surface area contributed by atoms with Crippen LogP contribution in [-0.2, 0) is 11.3 Å². The minimum Gasteiger partial charge on any atom is -0.481 e. The number of hydrogen-bond acceptors (Lipinski definition) is 2. The van der Waals surface area contributed by atoms with Crippen LogP contribution in [0.5, 0.6) is 0 Å². The van der Waals surface area contributed by atoms with E-state index >= 15 is 0 Å². The molecule has 1 aromatic rings. The minimum absolute atomic E-state index is 0.0694. The number of fused-ring (bicyclic) bond motifs is 1. The van der Waals surface area contributed by atoms with E-state index in [1.165, 1.54) is 0 Å². The second-order valence-corrected chi connectivity index (χ2v) is 3.43. The molecule has 1 aromatic carbocycles. The van der Waals surface area contributed by atoms with Gasteiger partial charge in [0.25, 0.3) is 5.91 Å². The summed E-state index contributed by atoms with van der Waals surface area (Å²) in [6.07, 6.45) is -0.172. The molecule has 1 amide bonds. The fourth-order valence-corrected chi connectivity index (χ4v) is 1.53. The average Bonchev–Trinajstić information content (AvgIpc) is 2.60. The molecular formula is C12H9NO3. The van der Waals surface area contributed by atoms with Gasteiger partial charge in [0.15, 0.2) is 0 Å². The lowest BCUT2D eigenvalue weighted by atomic mass is 10.1. The van der Waals surface area contributed by atoms with Gasteiger partial charge in [0, 0.05) is 17.7 Å². The summed E-state index contributed by atoms with van der Waals surface area (Å²) in [5, 5.41) is 11.1. The number of amides is 1. The summed E-state index contributed by atoms with van der Waals surface area (Å²) in [7, 11) is 0. The molecule has 2 rings (SSSR count). The molecule has 0 saturated heterocycles. The van der Waals surface area contributed by atoms with Crippen molar-refractivity contribution in [3.8, 4) is 11.8 Å². The van der Waals surface area contributed by atoms with Crippen molar-refractivity contribution in [1.29, 1.82) is 0 Å². The van der Waals surface area contributed by atoms with E-state index in [0.717, 1.165) is 11.1 Å². The van der Waals surface area contributed by atoms with Crippen molar-refractivity contribution >= 4 is 11.9 Å². The van der Waals surface area contributed by atoms with Gasteiger partial charge in [-0.15, -0.1) is 0 Å². The molecule has 0 saturated carbocycles. The topological polar surface area (TPSA) is 66.4 Å². The van der Waals surface area contributed by atoms with Crippen LogP contribution in [-0.4, -0.2) is 17.0 Å². The van der Waals surface area contributed by atoms with Gasteiger partial charge < -0.3 is 10.4 Å². The van der Waals surface area contributed by atoms with E-state index in [1.807, 2.05) is 6.07 Å². The molecule has 0 bridgehead atoms. The Morgan fingerprint density at radius 3 is 3.06 bits per heavy atom. The number of carbonyl (C=O) groups is 2. The highest BCUT2D eigenvalue weighted by atomic mass is 16.4. The Hall–Kier alpha value is -2.28. The van der Waals surface area contributed by atoms with Gasteiger partial charge in [0.2, 0.25) is 0 Å². The first kappa shape index (κ1) is 10.2. The highest BCUT2D eigenvalue weighted by Gasteiger charge is 2.17. The van der Waals surface area contributed by atoms with Gasteiger partial charge >= 0.3 is 5.97 Å². The van der Waals surface area contributed by atoms with E-state index in [4.69, 9.17) is 5.11 Å². The summed E-state index contributed by atoms with van der Waals surface area (Å²) in [6, 6.07) is 5.24. The monoisotopic (exact) mass is 215 g/mol. The quantitative estimate of drug-likeness (QED) is 0.679. The summed E-state index contributed by atoms with van der Waals surface area (Å²) in [5.41, 5.74) is 2.31. The molecule has 0 aliphatic carbocycles. The van der Waals surface area contributed by atoms with Gasteiger partial charge in [0.1, 0.15) is 6.42 Å². The van der Waals surface area contributed by atoms with Gasteiger partial charge in [-0.25, -0.2) is 0 Å². The van der Waals surface area contributed by atoms with Crippen LogP contribution < -0.4 is 5.32 Å². The Morgan fingerprint density at radius 1 is 1.50 bits per heavy atom. The molecule has 16 heavy (non-hydrogen) atoms. The van der Waals surface area contributed by atoms with Crippen LogP contribution >= 0.6 is 0 Å². The summed E-state index contributed by atoms with van der Waals surface area (Å²) in [4.78, 5) is 21.5. The number of carboxylic acids is 1. The van der Waals surface area contributed by atoms with Crippen LogP contribution in [0, 0.1) is 11.8 Å². The molecule has 1 heterocycles. The highest BCUT2D eigenvalue weighted by molar-refractivity contribution is 5.98. The smallest absolute Gasteiger partial charge is 0.315 e. The first-order chi connectivity index (χ1) is 7.66. The fourth-order valence-electron chi connectivity index (χ4n) is 1.53. The molecule has 80 valence electrons. The predicted molar refractivity (Wildman–Crippen MR) is 56.7 cm³/mol. The van der Waals surface area contributed by atoms with E-state index in [2.05, 4.69) is 17.2 Å². The molecule has 0 atom stereocenters. The third-order valence-corrected chi connectivity index (χ3v) is 2.26. The lowest BCUT2D eigenvalue weighted by Crippen LogP contribution is -2.12. The molecule has 0 unspecified atom stereocenters. The first-order valence-electron chi connectivity index (χ1n) is 4.78. The number of aliphatic carboxylic acids is 1. The third kappa shape index (κ3) is 2.04. The fraction of sp³-hybridized carbons (Fsp3) is 0.167. The number of benzene rings is 1. The number of rotatable bonds is 1. The van der Waals surface area contributed by atoms with E-state index in [1.54, 1.807) is 12.1 Å². The molecule has 4 nitrogen and oxygen atoms in total. The molecule has 0 spiro atoms. The van der Waals surface area contributed by atoms with Crippen molar-refractivity contribution in [2.45, 2.75) is 13.0 Å². The number of carbonyl (C=O) groups excluding carboxylic acids is 1.